The molecule has 0 aliphatic heterocycles. The Balaban J connectivity index is 2.18. The van der Waals surface area contributed by atoms with Gasteiger partial charge in [-0.1, -0.05) is 18.5 Å². The SMILES string of the molecule is CCC(NC(=O)c1nn(C)cc1Cl)c1nc(C)c(C)s1. The van der Waals surface area contributed by atoms with E-state index in [9.17, 15) is 4.79 Å². The summed E-state index contributed by atoms with van der Waals surface area (Å²) in [6.07, 6.45) is 2.37. The average molecular weight is 313 g/mol. The molecule has 1 amide bonds. The smallest absolute Gasteiger partial charge is 0.273 e. The Bertz CT molecular complexity index is 615. The van der Waals surface area contributed by atoms with Crippen molar-refractivity contribution in [1.82, 2.24) is 20.1 Å². The van der Waals surface area contributed by atoms with E-state index in [4.69, 9.17) is 11.6 Å². The van der Waals surface area contributed by atoms with Crippen molar-refractivity contribution < 1.29 is 4.79 Å². The monoisotopic (exact) mass is 312 g/mol. The highest BCUT2D eigenvalue weighted by Crippen LogP contribution is 2.25. The van der Waals surface area contributed by atoms with E-state index in [0.29, 0.717) is 5.02 Å². The number of carbonyl (C=O) groups excluding carboxylic acids is 1. The molecule has 0 spiro atoms. The number of thiazole rings is 1. The maximum atomic E-state index is 12.2. The molecule has 0 aromatic carbocycles. The van der Waals surface area contributed by atoms with Crippen molar-refractivity contribution >= 4 is 28.8 Å². The van der Waals surface area contributed by atoms with Gasteiger partial charge in [-0.2, -0.15) is 5.10 Å². The van der Waals surface area contributed by atoms with Crippen LogP contribution in [-0.2, 0) is 7.05 Å². The molecule has 1 unspecified atom stereocenters. The van der Waals surface area contributed by atoms with Crippen molar-refractivity contribution in [3.8, 4) is 0 Å². The summed E-state index contributed by atoms with van der Waals surface area (Å²) in [5.41, 5.74) is 1.26. The zero-order valence-electron chi connectivity index (χ0n) is 11.9. The maximum Gasteiger partial charge on any atom is 0.273 e. The van der Waals surface area contributed by atoms with E-state index in [1.54, 1.807) is 24.6 Å². The lowest BCUT2D eigenvalue weighted by molar-refractivity contribution is 0.0930. The molecule has 0 aliphatic rings. The molecule has 1 atom stereocenters. The van der Waals surface area contributed by atoms with E-state index in [-0.39, 0.29) is 17.6 Å². The molecule has 2 aromatic heterocycles. The van der Waals surface area contributed by atoms with Gasteiger partial charge in [0.15, 0.2) is 5.69 Å². The highest BCUT2D eigenvalue weighted by atomic mass is 35.5. The summed E-state index contributed by atoms with van der Waals surface area (Å²) < 4.78 is 1.52. The zero-order chi connectivity index (χ0) is 14.9. The first kappa shape index (κ1) is 15.0. The number of aromatic nitrogens is 3. The third-order valence-electron chi connectivity index (χ3n) is 3.06. The van der Waals surface area contributed by atoms with Crippen LogP contribution in [0.3, 0.4) is 0 Å². The van der Waals surface area contributed by atoms with E-state index in [2.05, 4.69) is 15.4 Å². The van der Waals surface area contributed by atoms with Crippen LogP contribution < -0.4 is 5.32 Å². The van der Waals surface area contributed by atoms with Crippen LogP contribution in [0.4, 0.5) is 0 Å². The minimum atomic E-state index is -0.270. The van der Waals surface area contributed by atoms with Crippen LogP contribution in [0.2, 0.25) is 5.02 Å². The molecule has 0 saturated carbocycles. The summed E-state index contributed by atoms with van der Waals surface area (Å²) in [6.45, 7) is 6.01. The summed E-state index contributed by atoms with van der Waals surface area (Å²) in [4.78, 5) is 17.9. The van der Waals surface area contributed by atoms with Crippen molar-refractivity contribution in [1.29, 1.82) is 0 Å². The van der Waals surface area contributed by atoms with Gasteiger partial charge in [0.1, 0.15) is 5.01 Å². The number of hydrogen-bond acceptors (Lipinski definition) is 4. The summed E-state index contributed by atoms with van der Waals surface area (Å²) in [5.74, 6) is -0.270. The lowest BCUT2D eigenvalue weighted by Gasteiger charge is -2.13. The molecule has 7 heteroatoms. The van der Waals surface area contributed by atoms with E-state index in [0.717, 1.165) is 17.1 Å². The Morgan fingerprint density at radius 3 is 2.70 bits per heavy atom. The van der Waals surface area contributed by atoms with Gasteiger partial charge in [-0.05, 0) is 20.3 Å². The topological polar surface area (TPSA) is 59.8 Å². The first-order valence-electron chi connectivity index (χ1n) is 6.36. The van der Waals surface area contributed by atoms with E-state index < -0.39 is 0 Å². The highest BCUT2D eigenvalue weighted by molar-refractivity contribution is 7.11. The van der Waals surface area contributed by atoms with Gasteiger partial charge in [-0.15, -0.1) is 11.3 Å². The van der Waals surface area contributed by atoms with Gasteiger partial charge in [-0.3, -0.25) is 9.48 Å². The van der Waals surface area contributed by atoms with E-state index in [1.165, 1.54) is 9.56 Å². The molecule has 0 fully saturated rings. The highest BCUT2D eigenvalue weighted by Gasteiger charge is 2.21. The van der Waals surface area contributed by atoms with Gasteiger partial charge in [0, 0.05) is 18.1 Å². The molecule has 5 nitrogen and oxygen atoms in total. The molecule has 2 rings (SSSR count). The average Bonchev–Trinajstić information content (AvgIpc) is 2.89. The molecule has 1 N–H and O–H groups in total. The van der Waals surface area contributed by atoms with Crippen molar-refractivity contribution in [3.05, 3.63) is 32.5 Å². The number of halogens is 1. The molecule has 0 saturated heterocycles. The third kappa shape index (κ3) is 3.02. The van der Waals surface area contributed by atoms with Crippen LogP contribution in [0.25, 0.3) is 0 Å². The van der Waals surface area contributed by atoms with Crippen molar-refractivity contribution in [2.45, 2.75) is 33.2 Å². The van der Waals surface area contributed by atoms with Gasteiger partial charge >= 0.3 is 0 Å². The van der Waals surface area contributed by atoms with Crippen molar-refractivity contribution in [3.63, 3.8) is 0 Å². The lowest BCUT2D eigenvalue weighted by Crippen LogP contribution is -2.28. The van der Waals surface area contributed by atoms with Crippen LogP contribution in [0.5, 0.6) is 0 Å². The van der Waals surface area contributed by atoms with Gasteiger partial charge in [0.2, 0.25) is 0 Å². The molecule has 2 heterocycles. The fourth-order valence-electron chi connectivity index (χ4n) is 1.83. The second-order valence-corrected chi connectivity index (χ2v) is 6.27. The lowest BCUT2D eigenvalue weighted by atomic mass is 10.2. The summed E-state index contributed by atoms with van der Waals surface area (Å²) in [6, 6.07) is -0.113. The second-order valence-electron chi connectivity index (χ2n) is 4.63. The molecule has 2 aromatic rings. The Morgan fingerprint density at radius 2 is 2.25 bits per heavy atom. The Morgan fingerprint density at radius 1 is 1.55 bits per heavy atom. The molecule has 0 radical (unpaired) electrons. The quantitative estimate of drug-likeness (QED) is 0.944. The van der Waals surface area contributed by atoms with E-state index in [1.807, 2.05) is 20.8 Å². The first-order valence-corrected chi connectivity index (χ1v) is 7.55. The predicted molar refractivity (Wildman–Crippen MR) is 80.3 cm³/mol. The number of carbonyl (C=O) groups is 1. The third-order valence-corrected chi connectivity index (χ3v) is 4.52. The second kappa shape index (κ2) is 5.93. The Kier molecular flexibility index (Phi) is 4.45. The summed E-state index contributed by atoms with van der Waals surface area (Å²) >= 11 is 7.59. The Labute approximate surface area is 127 Å². The van der Waals surface area contributed by atoms with Crippen molar-refractivity contribution in [2.24, 2.45) is 7.05 Å². The first-order chi connectivity index (χ1) is 9.42. The minimum Gasteiger partial charge on any atom is -0.341 e. The fraction of sp³-hybridized carbons (Fsp3) is 0.462. The summed E-state index contributed by atoms with van der Waals surface area (Å²) in [7, 11) is 1.73. The van der Waals surface area contributed by atoms with Crippen LogP contribution in [-0.4, -0.2) is 20.7 Å². The number of rotatable bonds is 4. The molecule has 20 heavy (non-hydrogen) atoms. The molecule has 108 valence electrons. The maximum absolute atomic E-state index is 12.2. The van der Waals surface area contributed by atoms with Gasteiger partial charge in [-0.25, -0.2) is 4.98 Å². The molecular weight excluding hydrogens is 296 g/mol. The van der Waals surface area contributed by atoms with Gasteiger partial charge in [0.05, 0.1) is 16.8 Å². The number of nitrogens with zero attached hydrogens (tertiary/aromatic N) is 3. The number of aryl methyl sites for hydroxylation is 3. The molecular formula is C13H17ClN4OS. The number of hydrogen-bond donors (Lipinski definition) is 1. The number of nitrogens with one attached hydrogen (secondary N) is 1. The normalized spacial score (nSPS) is 12.4. The standard InChI is InChI=1S/C13H17ClN4OS/c1-5-10(13-15-7(2)8(3)20-13)16-12(19)11-9(14)6-18(4)17-11/h6,10H,5H2,1-4H3,(H,16,19). The van der Waals surface area contributed by atoms with Crippen LogP contribution in [0.15, 0.2) is 6.20 Å². The molecule has 0 aliphatic carbocycles. The van der Waals surface area contributed by atoms with Crippen LogP contribution in [0, 0.1) is 13.8 Å². The predicted octanol–water partition coefficient (Wildman–Crippen LogP) is 3.03. The minimum absolute atomic E-state index is 0.113. The van der Waals surface area contributed by atoms with Crippen molar-refractivity contribution in [2.75, 3.05) is 0 Å². The molecule has 0 bridgehead atoms. The van der Waals surface area contributed by atoms with Gasteiger partial charge < -0.3 is 5.32 Å². The largest absolute Gasteiger partial charge is 0.341 e. The fourth-order valence-corrected chi connectivity index (χ4v) is 3.15. The summed E-state index contributed by atoms with van der Waals surface area (Å²) in [5, 5.41) is 8.28. The number of amides is 1. The van der Waals surface area contributed by atoms with Crippen LogP contribution >= 0.6 is 22.9 Å². The van der Waals surface area contributed by atoms with Gasteiger partial charge in [0.25, 0.3) is 5.91 Å². The Hall–Kier alpha value is -1.40. The van der Waals surface area contributed by atoms with Crippen LogP contribution in [0.1, 0.15) is 45.5 Å². The zero-order valence-corrected chi connectivity index (χ0v) is 13.5. The van der Waals surface area contributed by atoms with E-state index >= 15 is 0 Å².